The Bertz CT molecular complexity index is 1100. The van der Waals surface area contributed by atoms with E-state index in [1.165, 1.54) is 30.5 Å². The molecular formula is C22H19ClF3N3O4. The molecule has 1 heterocycles. The van der Waals surface area contributed by atoms with Crippen molar-refractivity contribution in [3.63, 3.8) is 0 Å². The van der Waals surface area contributed by atoms with E-state index < -0.39 is 31.3 Å². The van der Waals surface area contributed by atoms with E-state index in [2.05, 4.69) is 15.2 Å². The van der Waals surface area contributed by atoms with Crippen molar-refractivity contribution >= 4 is 29.3 Å². The van der Waals surface area contributed by atoms with E-state index in [1.807, 2.05) is 12.1 Å². The molecule has 174 valence electrons. The number of nitrogens with zero attached hydrogens (tertiary/aromatic N) is 2. The Morgan fingerprint density at radius 2 is 1.79 bits per heavy atom. The minimum Gasteiger partial charge on any atom is -0.452 e. The minimum atomic E-state index is -4.41. The van der Waals surface area contributed by atoms with E-state index in [9.17, 15) is 22.8 Å². The van der Waals surface area contributed by atoms with Crippen LogP contribution >= 0.6 is 11.6 Å². The second kappa shape index (κ2) is 11.0. The van der Waals surface area contributed by atoms with Crippen LogP contribution in [0, 0.1) is 0 Å². The number of aromatic nitrogens is 2. The Balaban J connectivity index is 1.48. The van der Waals surface area contributed by atoms with Gasteiger partial charge in [-0.15, -0.1) is 0 Å². The Morgan fingerprint density at radius 3 is 2.48 bits per heavy atom. The van der Waals surface area contributed by atoms with Gasteiger partial charge in [0.2, 0.25) is 0 Å². The van der Waals surface area contributed by atoms with Gasteiger partial charge in [-0.25, -0.2) is 9.48 Å². The molecule has 0 saturated carbocycles. The highest BCUT2D eigenvalue weighted by molar-refractivity contribution is 6.31. The molecule has 11 heteroatoms. The first-order chi connectivity index (χ1) is 15.7. The largest absolute Gasteiger partial charge is 0.452 e. The first-order valence-corrected chi connectivity index (χ1v) is 10.0. The van der Waals surface area contributed by atoms with Crippen molar-refractivity contribution in [1.29, 1.82) is 0 Å². The molecule has 2 aromatic carbocycles. The van der Waals surface area contributed by atoms with Crippen LogP contribution in [-0.4, -0.2) is 41.0 Å². The number of halogens is 4. The predicted molar refractivity (Wildman–Crippen MR) is 114 cm³/mol. The van der Waals surface area contributed by atoms with Crippen LogP contribution in [0.2, 0.25) is 5.02 Å². The van der Waals surface area contributed by atoms with E-state index in [0.717, 1.165) is 5.56 Å². The fraction of sp³-hybridized carbons (Fsp3) is 0.227. The number of ether oxygens (including phenoxy) is 2. The average Bonchev–Trinajstić information content (AvgIpc) is 3.19. The van der Waals surface area contributed by atoms with Gasteiger partial charge in [-0.3, -0.25) is 4.79 Å². The van der Waals surface area contributed by atoms with Gasteiger partial charge in [-0.1, -0.05) is 41.9 Å². The highest BCUT2D eigenvalue weighted by atomic mass is 35.5. The lowest BCUT2D eigenvalue weighted by atomic mass is 10.1. The van der Waals surface area contributed by atoms with Crippen LogP contribution in [0.5, 0.6) is 0 Å². The molecule has 33 heavy (non-hydrogen) atoms. The lowest BCUT2D eigenvalue weighted by molar-refractivity contribution is -0.176. The van der Waals surface area contributed by atoms with Crippen LogP contribution in [0.1, 0.15) is 21.5 Å². The summed E-state index contributed by atoms with van der Waals surface area (Å²) in [4.78, 5) is 24.3. The van der Waals surface area contributed by atoms with Gasteiger partial charge in [-0.2, -0.15) is 18.3 Å². The number of esters is 1. The lowest BCUT2D eigenvalue weighted by Crippen LogP contribution is -2.22. The number of benzene rings is 2. The number of hydrogen-bond donors (Lipinski definition) is 1. The molecule has 3 aromatic rings. The summed E-state index contributed by atoms with van der Waals surface area (Å²) in [6, 6.07) is 14.5. The molecule has 7 nitrogen and oxygen atoms in total. The van der Waals surface area contributed by atoms with E-state index in [0.29, 0.717) is 22.9 Å². The van der Waals surface area contributed by atoms with Crippen LogP contribution in [0.3, 0.4) is 0 Å². The van der Waals surface area contributed by atoms with E-state index in [-0.39, 0.29) is 12.2 Å². The van der Waals surface area contributed by atoms with E-state index in [4.69, 9.17) is 16.3 Å². The van der Waals surface area contributed by atoms with Gasteiger partial charge in [0.15, 0.2) is 6.61 Å². The molecule has 0 aliphatic heterocycles. The number of nitrogens with one attached hydrogen (secondary N) is 1. The normalized spacial score (nSPS) is 11.3. The van der Waals surface area contributed by atoms with E-state index in [1.54, 1.807) is 22.9 Å². The van der Waals surface area contributed by atoms with Gasteiger partial charge in [-0.05, 0) is 29.3 Å². The zero-order chi connectivity index (χ0) is 23.8. The molecule has 0 atom stereocenters. The molecule has 0 aliphatic carbocycles. The summed E-state index contributed by atoms with van der Waals surface area (Å²) in [5.74, 6) is -0.918. The monoisotopic (exact) mass is 481 g/mol. The third kappa shape index (κ3) is 7.62. The summed E-state index contributed by atoms with van der Waals surface area (Å²) in [5, 5.41) is 7.34. The highest BCUT2D eigenvalue weighted by Gasteiger charge is 2.27. The fourth-order valence-electron chi connectivity index (χ4n) is 2.77. The number of anilines is 1. The highest BCUT2D eigenvalue weighted by Crippen LogP contribution is 2.18. The summed E-state index contributed by atoms with van der Waals surface area (Å²) in [6.07, 6.45) is -2.89. The molecule has 0 bridgehead atoms. The summed E-state index contributed by atoms with van der Waals surface area (Å²) in [7, 11) is 0. The molecule has 0 unspecified atom stereocenters. The van der Waals surface area contributed by atoms with Gasteiger partial charge in [0, 0.05) is 11.1 Å². The number of alkyl halides is 3. The number of rotatable bonds is 9. The topological polar surface area (TPSA) is 82.5 Å². The van der Waals surface area contributed by atoms with Crippen LogP contribution in [0.15, 0.2) is 60.8 Å². The predicted octanol–water partition coefficient (Wildman–Crippen LogP) is 4.46. The standard InChI is InChI=1S/C22H19ClF3N3O4/c23-18-4-2-1-3-17(18)11-29-19(9-10-27-29)28-20(30)13-33-21(31)16-7-5-15(6-8-16)12-32-14-22(24,25)26/h1-10H,11-14H2,(H,28,30). The Labute approximate surface area is 192 Å². The molecule has 0 spiro atoms. The summed E-state index contributed by atoms with van der Waals surface area (Å²) >= 11 is 6.16. The van der Waals surface area contributed by atoms with Crippen LogP contribution < -0.4 is 5.32 Å². The van der Waals surface area contributed by atoms with Gasteiger partial charge in [0.1, 0.15) is 12.4 Å². The van der Waals surface area contributed by atoms with Gasteiger partial charge in [0.05, 0.1) is 24.9 Å². The molecule has 0 saturated heterocycles. The molecule has 0 fully saturated rings. The molecule has 1 N–H and O–H groups in total. The number of amides is 1. The van der Waals surface area contributed by atoms with Crippen LogP contribution in [0.25, 0.3) is 0 Å². The van der Waals surface area contributed by atoms with Crippen molar-refractivity contribution in [3.05, 3.63) is 82.5 Å². The summed E-state index contributed by atoms with van der Waals surface area (Å²) in [6.45, 7) is -1.81. The molecule has 1 aromatic heterocycles. The van der Waals surface area contributed by atoms with Gasteiger partial charge >= 0.3 is 12.1 Å². The quantitative estimate of drug-likeness (QED) is 0.456. The Morgan fingerprint density at radius 1 is 1.06 bits per heavy atom. The van der Waals surface area contributed by atoms with Crippen molar-refractivity contribution in [3.8, 4) is 0 Å². The van der Waals surface area contributed by atoms with Gasteiger partial charge < -0.3 is 14.8 Å². The molecule has 0 radical (unpaired) electrons. The number of carbonyl (C=O) groups excluding carboxylic acids is 2. The SMILES string of the molecule is O=C(COC(=O)c1ccc(COCC(F)(F)F)cc1)Nc1ccnn1Cc1ccccc1Cl. The second-order valence-electron chi connectivity index (χ2n) is 6.89. The zero-order valence-corrected chi connectivity index (χ0v) is 17.9. The minimum absolute atomic E-state index is 0.145. The van der Waals surface area contributed by atoms with Crippen LogP contribution in [-0.2, 0) is 27.4 Å². The molecule has 0 aliphatic rings. The number of carbonyl (C=O) groups is 2. The fourth-order valence-corrected chi connectivity index (χ4v) is 2.96. The van der Waals surface area contributed by atoms with Crippen molar-refractivity contribution in [2.75, 3.05) is 18.5 Å². The zero-order valence-electron chi connectivity index (χ0n) is 17.1. The first-order valence-electron chi connectivity index (χ1n) is 9.67. The van der Waals surface area contributed by atoms with Crippen molar-refractivity contribution < 1.29 is 32.2 Å². The molecule has 3 rings (SSSR count). The third-order valence-electron chi connectivity index (χ3n) is 4.32. The van der Waals surface area contributed by atoms with Gasteiger partial charge in [0.25, 0.3) is 5.91 Å². The molecule has 1 amide bonds. The second-order valence-corrected chi connectivity index (χ2v) is 7.30. The Hall–Kier alpha value is -3.37. The summed E-state index contributed by atoms with van der Waals surface area (Å²) < 4.78 is 47.4. The maximum Gasteiger partial charge on any atom is 0.411 e. The van der Waals surface area contributed by atoms with Crippen LogP contribution in [0.4, 0.5) is 19.0 Å². The smallest absolute Gasteiger partial charge is 0.411 e. The number of hydrogen-bond acceptors (Lipinski definition) is 5. The maximum absolute atomic E-state index is 12.2. The maximum atomic E-state index is 12.2. The first kappa shape index (κ1) is 24.3. The van der Waals surface area contributed by atoms with Crippen molar-refractivity contribution in [2.24, 2.45) is 0 Å². The summed E-state index contributed by atoms with van der Waals surface area (Å²) in [5.41, 5.74) is 1.42. The average molecular weight is 482 g/mol. The Kier molecular flexibility index (Phi) is 8.07. The van der Waals surface area contributed by atoms with Crippen molar-refractivity contribution in [2.45, 2.75) is 19.3 Å². The third-order valence-corrected chi connectivity index (χ3v) is 4.69. The van der Waals surface area contributed by atoms with Crippen molar-refractivity contribution in [1.82, 2.24) is 9.78 Å². The lowest BCUT2D eigenvalue weighted by Gasteiger charge is -2.11. The molecular weight excluding hydrogens is 463 g/mol. The van der Waals surface area contributed by atoms with E-state index >= 15 is 0 Å².